The number of aliphatic hydroxyl groups excluding tert-OH is 10. The molecule has 5 heterocycles. The van der Waals surface area contributed by atoms with Crippen LogP contribution in [0.25, 0.3) is 0 Å². The van der Waals surface area contributed by atoms with Crippen LogP contribution >= 0.6 is 0 Å². The Labute approximate surface area is 378 Å². The van der Waals surface area contributed by atoms with Gasteiger partial charge < -0.3 is 99.2 Å². The molecule has 374 valence electrons. The van der Waals surface area contributed by atoms with Gasteiger partial charge in [-0.05, 0) is 81.0 Å². The molecule has 12 N–H and O–H groups in total. The van der Waals surface area contributed by atoms with Crippen LogP contribution < -0.4 is 0 Å². The standard InChI is InChI=1S/C45H74O20/c1-18-6-9-45(58-17-18)19(2)28-24(65-45)12-22-21-7-8-43(56)14-25(23(48)13-42(43,5)44(21,57)11-10-41(22,28)4)60-40-37(64-38-34(54)32(52)29(49)20(3)59-38)36(31(51)27(16-47)62-40)63-39-35(55)33(53)30(50)26(15-46)61-39/h18-40,46-57H,6-17H2,1-5H3. The Morgan fingerprint density at radius 3 is 1.91 bits per heavy atom. The van der Waals surface area contributed by atoms with Gasteiger partial charge in [-0.15, -0.1) is 0 Å². The first-order valence-electron chi connectivity index (χ1n) is 23.9. The van der Waals surface area contributed by atoms with Crippen molar-refractivity contribution in [3.05, 3.63) is 0 Å². The molecule has 65 heavy (non-hydrogen) atoms. The van der Waals surface area contributed by atoms with Gasteiger partial charge in [-0.2, -0.15) is 0 Å². The molecule has 4 saturated carbocycles. The van der Waals surface area contributed by atoms with Gasteiger partial charge in [-0.3, -0.25) is 0 Å². The van der Waals surface area contributed by atoms with Gasteiger partial charge in [0.2, 0.25) is 0 Å². The number of aliphatic hydroxyl groups is 12. The molecule has 28 unspecified atom stereocenters. The van der Waals surface area contributed by atoms with Crippen molar-refractivity contribution in [2.45, 2.75) is 220 Å². The third-order valence-electron chi connectivity index (χ3n) is 18.6. The summed E-state index contributed by atoms with van der Waals surface area (Å²) in [6.07, 6.45) is -23.6. The van der Waals surface area contributed by atoms with Crippen molar-refractivity contribution in [2.75, 3.05) is 19.8 Å². The third kappa shape index (κ3) is 7.54. The maximum atomic E-state index is 13.1. The highest BCUT2D eigenvalue weighted by atomic mass is 16.8. The highest BCUT2D eigenvalue weighted by Gasteiger charge is 2.75. The molecule has 0 aromatic carbocycles. The van der Waals surface area contributed by atoms with Gasteiger partial charge in [-0.25, -0.2) is 0 Å². The SMILES string of the molecule is CC1CCC2(OC1)OC1CC3C4CCC5(O)CC(OC6OC(CO)C(O)C(OC7OC(CO)C(O)C(O)C7O)C6OC6OC(C)C(O)C(O)C6O)C(O)CC5(C)C4(O)CCC3(C)C1C2C. The van der Waals surface area contributed by atoms with Crippen LogP contribution in [0.5, 0.6) is 0 Å². The van der Waals surface area contributed by atoms with Crippen LogP contribution in [-0.4, -0.2) is 209 Å². The Morgan fingerprint density at radius 1 is 0.615 bits per heavy atom. The monoisotopic (exact) mass is 934 g/mol. The summed E-state index contributed by atoms with van der Waals surface area (Å²) in [5, 5.41) is 134. The average molecular weight is 935 g/mol. The Morgan fingerprint density at radius 2 is 1.25 bits per heavy atom. The van der Waals surface area contributed by atoms with E-state index < -0.39 is 140 Å². The average Bonchev–Trinajstić information content (AvgIpc) is 3.71. The minimum Gasteiger partial charge on any atom is -0.394 e. The van der Waals surface area contributed by atoms with Crippen LogP contribution in [0.2, 0.25) is 0 Å². The molecule has 0 radical (unpaired) electrons. The molecular weight excluding hydrogens is 860 g/mol. The quantitative estimate of drug-likeness (QED) is 0.112. The predicted molar refractivity (Wildman–Crippen MR) is 219 cm³/mol. The first kappa shape index (κ1) is 49.2. The molecule has 0 aromatic rings. The molecule has 28 atom stereocenters. The third-order valence-corrected chi connectivity index (χ3v) is 18.6. The fraction of sp³-hybridized carbons (Fsp3) is 1.00. The van der Waals surface area contributed by atoms with Gasteiger partial charge in [0, 0.05) is 24.2 Å². The van der Waals surface area contributed by atoms with E-state index in [2.05, 4.69) is 20.8 Å². The Hall–Kier alpha value is -0.800. The van der Waals surface area contributed by atoms with Crippen molar-refractivity contribution in [1.29, 1.82) is 0 Å². The van der Waals surface area contributed by atoms with Crippen LogP contribution in [0.3, 0.4) is 0 Å². The van der Waals surface area contributed by atoms with E-state index in [0.29, 0.717) is 31.8 Å². The van der Waals surface area contributed by atoms with E-state index in [1.165, 1.54) is 6.92 Å². The van der Waals surface area contributed by atoms with Crippen LogP contribution in [0.15, 0.2) is 0 Å². The summed E-state index contributed by atoms with van der Waals surface area (Å²) >= 11 is 0. The summed E-state index contributed by atoms with van der Waals surface area (Å²) in [6.45, 7) is 9.10. The fourth-order valence-corrected chi connectivity index (χ4v) is 14.6. The molecular formula is C45H74O20. The summed E-state index contributed by atoms with van der Waals surface area (Å²) in [7, 11) is 0. The molecule has 0 bridgehead atoms. The van der Waals surface area contributed by atoms with Gasteiger partial charge in [0.05, 0.1) is 55.4 Å². The summed E-state index contributed by atoms with van der Waals surface area (Å²) in [5.41, 5.74) is -4.28. The lowest BCUT2D eigenvalue weighted by atomic mass is 9.40. The molecule has 1 spiro atoms. The zero-order valence-corrected chi connectivity index (χ0v) is 37.9. The van der Waals surface area contributed by atoms with Gasteiger partial charge in [-0.1, -0.05) is 27.7 Å². The maximum Gasteiger partial charge on any atom is 0.187 e. The summed E-state index contributed by atoms with van der Waals surface area (Å²) in [5.74, 6) is 0.208. The van der Waals surface area contributed by atoms with E-state index in [1.54, 1.807) is 0 Å². The summed E-state index contributed by atoms with van der Waals surface area (Å²) < 4.78 is 49.5. The van der Waals surface area contributed by atoms with E-state index >= 15 is 0 Å². The molecule has 0 aromatic heterocycles. The molecule has 5 saturated heterocycles. The van der Waals surface area contributed by atoms with Crippen molar-refractivity contribution in [3.8, 4) is 0 Å². The van der Waals surface area contributed by atoms with Gasteiger partial charge in [0.15, 0.2) is 24.7 Å². The molecule has 20 nitrogen and oxygen atoms in total. The second kappa shape index (κ2) is 17.5. The molecule has 20 heteroatoms. The van der Waals surface area contributed by atoms with Gasteiger partial charge in [0.1, 0.15) is 67.1 Å². The first-order chi connectivity index (χ1) is 30.6. The van der Waals surface area contributed by atoms with Crippen molar-refractivity contribution < 1.29 is 99.2 Å². The Balaban J connectivity index is 0.970. The fourth-order valence-electron chi connectivity index (χ4n) is 14.6. The number of ether oxygens (including phenoxy) is 8. The minimum atomic E-state index is -1.94. The minimum absolute atomic E-state index is 0.0174. The second-order valence-corrected chi connectivity index (χ2v) is 22.0. The molecule has 5 aliphatic heterocycles. The molecule has 9 fully saturated rings. The number of fused-ring (bicyclic) bond motifs is 7. The maximum absolute atomic E-state index is 13.1. The lowest BCUT2D eigenvalue weighted by Gasteiger charge is -2.68. The van der Waals surface area contributed by atoms with Crippen molar-refractivity contribution in [2.24, 2.45) is 40.4 Å². The van der Waals surface area contributed by atoms with Gasteiger partial charge in [0.25, 0.3) is 0 Å². The lowest BCUT2D eigenvalue weighted by molar-refractivity contribution is -0.400. The highest BCUT2D eigenvalue weighted by Crippen LogP contribution is 2.73. The predicted octanol–water partition coefficient (Wildman–Crippen LogP) is -2.51. The summed E-state index contributed by atoms with van der Waals surface area (Å²) in [6, 6.07) is 0. The Bertz CT molecular complexity index is 1690. The van der Waals surface area contributed by atoms with E-state index in [-0.39, 0.29) is 54.5 Å². The zero-order chi connectivity index (χ0) is 46.9. The van der Waals surface area contributed by atoms with Crippen LogP contribution in [0.4, 0.5) is 0 Å². The molecule has 9 rings (SSSR count). The largest absolute Gasteiger partial charge is 0.394 e. The van der Waals surface area contributed by atoms with Crippen LogP contribution in [0, 0.1) is 40.4 Å². The Kier molecular flexibility index (Phi) is 13.2. The van der Waals surface area contributed by atoms with Crippen molar-refractivity contribution >= 4 is 0 Å². The van der Waals surface area contributed by atoms with E-state index in [9.17, 15) is 61.3 Å². The highest BCUT2D eigenvalue weighted by molar-refractivity contribution is 5.24. The van der Waals surface area contributed by atoms with E-state index in [0.717, 1.165) is 19.3 Å². The lowest BCUT2D eigenvalue weighted by Crippen LogP contribution is -2.74. The topological polar surface area (TPSA) is 317 Å². The first-order valence-corrected chi connectivity index (χ1v) is 23.9. The molecule has 0 amide bonds. The van der Waals surface area contributed by atoms with E-state index in [4.69, 9.17) is 37.9 Å². The number of rotatable bonds is 8. The van der Waals surface area contributed by atoms with E-state index in [1.807, 2.05) is 6.92 Å². The second-order valence-electron chi connectivity index (χ2n) is 22.0. The molecule has 9 aliphatic rings. The van der Waals surface area contributed by atoms with Gasteiger partial charge >= 0.3 is 0 Å². The summed E-state index contributed by atoms with van der Waals surface area (Å²) in [4.78, 5) is 0. The van der Waals surface area contributed by atoms with Crippen molar-refractivity contribution in [1.82, 2.24) is 0 Å². The normalized spacial score (nSPS) is 60.2. The van der Waals surface area contributed by atoms with Crippen LogP contribution in [-0.2, 0) is 37.9 Å². The number of hydrogen-bond donors (Lipinski definition) is 12. The smallest absolute Gasteiger partial charge is 0.187 e. The zero-order valence-electron chi connectivity index (χ0n) is 37.9. The van der Waals surface area contributed by atoms with Crippen molar-refractivity contribution in [3.63, 3.8) is 0 Å². The molecule has 4 aliphatic carbocycles. The number of hydrogen-bond acceptors (Lipinski definition) is 20. The van der Waals surface area contributed by atoms with Crippen LogP contribution in [0.1, 0.15) is 92.4 Å².